The smallest absolute Gasteiger partial charge is 0.317 e. The number of carbonyl (C=O) groups excluding carboxylic acids is 1. The van der Waals surface area contributed by atoms with E-state index in [-0.39, 0.29) is 6.03 Å². The number of piperidine rings is 1. The molecule has 0 spiro atoms. The van der Waals surface area contributed by atoms with E-state index in [1.165, 1.54) is 11.1 Å². The van der Waals surface area contributed by atoms with Gasteiger partial charge in [0.15, 0.2) is 0 Å². The molecule has 1 atom stereocenters. The van der Waals surface area contributed by atoms with E-state index >= 15 is 0 Å². The highest BCUT2D eigenvalue weighted by molar-refractivity contribution is 5.74. The lowest BCUT2D eigenvalue weighted by molar-refractivity contribution is 0.193. The minimum Gasteiger partial charge on any atom is -0.334 e. The van der Waals surface area contributed by atoms with Gasteiger partial charge < -0.3 is 15.5 Å². The Morgan fingerprint density at radius 2 is 1.90 bits per heavy atom. The van der Waals surface area contributed by atoms with Crippen LogP contribution in [0.1, 0.15) is 24.0 Å². The third-order valence-corrected chi connectivity index (χ3v) is 4.33. The van der Waals surface area contributed by atoms with Crippen LogP contribution in [-0.4, -0.2) is 43.2 Å². The highest BCUT2D eigenvalue weighted by Gasteiger charge is 2.21. The number of nitrogens with one attached hydrogen (secondary N) is 2. The number of fused-ring (bicyclic) bond motifs is 1. The van der Waals surface area contributed by atoms with Gasteiger partial charge >= 0.3 is 6.03 Å². The third kappa shape index (κ3) is 3.12. The molecule has 20 heavy (non-hydrogen) atoms. The number of carbonyl (C=O) groups is 1. The first-order valence-corrected chi connectivity index (χ1v) is 7.66. The molecule has 2 amide bonds. The molecule has 2 N–H and O–H groups in total. The number of amides is 2. The number of hydrogen-bond acceptors (Lipinski definition) is 2. The Morgan fingerprint density at radius 3 is 2.50 bits per heavy atom. The summed E-state index contributed by atoms with van der Waals surface area (Å²) in [5.74, 6) is 0. The standard InChI is InChI=1S/C16H23N3O/c20-16(18-15-6-3-9-17-12-15)19-10-7-13-4-1-2-5-14(13)8-11-19/h1-2,4-5,15,17H,3,6-12H2,(H,18,20). The first kappa shape index (κ1) is 13.4. The Morgan fingerprint density at radius 1 is 1.20 bits per heavy atom. The fraction of sp³-hybridized carbons (Fsp3) is 0.562. The fourth-order valence-electron chi connectivity index (χ4n) is 3.11. The fourth-order valence-corrected chi connectivity index (χ4v) is 3.11. The summed E-state index contributed by atoms with van der Waals surface area (Å²) in [7, 11) is 0. The van der Waals surface area contributed by atoms with Crippen molar-refractivity contribution in [2.24, 2.45) is 0 Å². The van der Waals surface area contributed by atoms with E-state index in [4.69, 9.17) is 0 Å². The van der Waals surface area contributed by atoms with Crippen LogP contribution in [0.5, 0.6) is 0 Å². The normalized spacial score (nSPS) is 22.8. The summed E-state index contributed by atoms with van der Waals surface area (Å²) in [5.41, 5.74) is 2.78. The minimum absolute atomic E-state index is 0.103. The molecule has 3 rings (SSSR count). The molecule has 1 fully saturated rings. The quantitative estimate of drug-likeness (QED) is 0.815. The SMILES string of the molecule is O=C(NC1CCCNC1)N1CCc2ccccc2CC1. The van der Waals surface area contributed by atoms with E-state index in [1.807, 2.05) is 4.90 Å². The van der Waals surface area contributed by atoms with Crippen LogP contribution in [0.3, 0.4) is 0 Å². The predicted molar refractivity (Wildman–Crippen MR) is 79.8 cm³/mol. The van der Waals surface area contributed by atoms with E-state index in [9.17, 15) is 4.79 Å². The summed E-state index contributed by atoms with van der Waals surface area (Å²) < 4.78 is 0. The number of urea groups is 1. The summed E-state index contributed by atoms with van der Waals surface area (Å²) in [5, 5.41) is 6.50. The van der Waals surface area contributed by atoms with Crippen molar-refractivity contribution in [3.8, 4) is 0 Å². The van der Waals surface area contributed by atoms with Crippen molar-refractivity contribution in [1.82, 2.24) is 15.5 Å². The number of rotatable bonds is 1. The molecule has 4 heteroatoms. The molecule has 2 aliphatic rings. The zero-order valence-electron chi connectivity index (χ0n) is 11.9. The van der Waals surface area contributed by atoms with Crippen LogP contribution in [-0.2, 0) is 12.8 Å². The van der Waals surface area contributed by atoms with E-state index in [1.54, 1.807) is 0 Å². The summed E-state index contributed by atoms with van der Waals surface area (Å²) in [6.07, 6.45) is 4.17. The van der Waals surface area contributed by atoms with Crippen molar-refractivity contribution in [2.45, 2.75) is 31.7 Å². The van der Waals surface area contributed by atoms with Crippen molar-refractivity contribution in [2.75, 3.05) is 26.2 Å². The zero-order chi connectivity index (χ0) is 13.8. The molecule has 0 saturated carbocycles. The van der Waals surface area contributed by atoms with Gasteiger partial charge in [-0.3, -0.25) is 0 Å². The highest BCUT2D eigenvalue weighted by atomic mass is 16.2. The molecule has 0 aliphatic carbocycles. The van der Waals surface area contributed by atoms with Crippen molar-refractivity contribution in [3.63, 3.8) is 0 Å². The van der Waals surface area contributed by atoms with Crippen molar-refractivity contribution in [3.05, 3.63) is 35.4 Å². The van der Waals surface area contributed by atoms with Gasteiger partial charge in [0.25, 0.3) is 0 Å². The first-order chi connectivity index (χ1) is 9.83. The molecule has 1 saturated heterocycles. The molecule has 108 valence electrons. The lowest BCUT2D eigenvalue weighted by Crippen LogP contribution is -2.50. The lowest BCUT2D eigenvalue weighted by Gasteiger charge is -2.28. The number of benzene rings is 1. The molecule has 2 aliphatic heterocycles. The molecule has 0 bridgehead atoms. The minimum atomic E-state index is 0.103. The van der Waals surface area contributed by atoms with Gasteiger partial charge in [-0.25, -0.2) is 4.79 Å². The zero-order valence-corrected chi connectivity index (χ0v) is 11.9. The van der Waals surface area contributed by atoms with E-state index < -0.39 is 0 Å². The van der Waals surface area contributed by atoms with E-state index in [2.05, 4.69) is 34.9 Å². The largest absolute Gasteiger partial charge is 0.334 e. The second-order valence-corrected chi connectivity index (χ2v) is 5.75. The Hall–Kier alpha value is -1.55. The Kier molecular flexibility index (Phi) is 4.21. The maximum atomic E-state index is 12.4. The van der Waals surface area contributed by atoms with E-state index in [0.29, 0.717) is 6.04 Å². The second-order valence-electron chi connectivity index (χ2n) is 5.75. The molecular formula is C16H23N3O. The van der Waals surface area contributed by atoms with Gasteiger partial charge in [-0.2, -0.15) is 0 Å². The average molecular weight is 273 g/mol. The average Bonchev–Trinajstić information content (AvgIpc) is 2.71. The van der Waals surface area contributed by atoms with Crippen molar-refractivity contribution < 1.29 is 4.79 Å². The van der Waals surface area contributed by atoms with Gasteiger partial charge in [-0.05, 0) is 43.4 Å². The van der Waals surface area contributed by atoms with Gasteiger partial charge in [0.1, 0.15) is 0 Å². The van der Waals surface area contributed by atoms with E-state index in [0.717, 1.165) is 51.9 Å². The van der Waals surface area contributed by atoms with Crippen molar-refractivity contribution >= 4 is 6.03 Å². The van der Waals surface area contributed by atoms with Crippen LogP contribution in [0.25, 0.3) is 0 Å². The summed E-state index contributed by atoms with van der Waals surface area (Å²) >= 11 is 0. The Balaban J connectivity index is 1.57. The Labute approximate surface area is 120 Å². The van der Waals surface area contributed by atoms with Gasteiger partial charge in [0, 0.05) is 25.7 Å². The van der Waals surface area contributed by atoms with Gasteiger partial charge in [-0.15, -0.1) is 0 Å². The predicted octanol–water partition coefficient (Wildman–Crippen LogP) is 1.55. The van der Waals surface area contributed by atoms with Crippen LogP contribution in [0, 0.1) is 0 Å². The molecule has 0 radical (unpaired) electrons. The topological polar surface area (TPSA) is 44.4 Å². The molecule has 0 aromatic heterocycles. The lowest BCUT2D eigenvalue weighted by atomic mass is 10.0. The number of hydrogen-bond donors (Lipinski definition) is 2. The summed E-state index contributed by atoms with van der Waals surface area (Å²) in [6, 6.07) is 8.93. The van der Waals surface area contributed by atoms with Crippen LogP contribution < -0.4 is 10.6 Å². The van der Waals surface area contributed by atoms with Crippen LogP contribution >= 0.6 is 0 Å². The first-order valence-electron chi connectivity index (χ1n) is 7.66. The molecule has 1 aromatic rings. The highest BCUT2D eigenvalue weighted by Crippen LogP contribution is 2.15. The van der Waals surface area contributed by atoms with Crippen LogP contribution in [0.4, 0.5) is 4.79 Å². The molecule has 1 unspecified atom stereocenters. The maximum Gasteiger partial charge on any atom is 0.317 e. The molecule has 4 nitrogen and oxygen atoms in total. The maximum absolute atomic E-state index is 12.4. The van der Waals surface area contributed by atoms with Crippen LogP contribution in [0.2, 0.25) is 0 Å². The monoisotopic (exact) mass is 273 g/mol. The number of nitrogens with zero attached hydrogens (tertiary/aromatic N) is 1. The second kappa shape index (κ2) is 6.27. The summed E-state index contributed by atoms with van der Waals surface area (Å²) in [6.45, 7) is 3.62. The van der Waals surface area contributed by atoms with Gasteiger partial charge in [-0.1, -0.05) is 24.3 Å². The van der Waals surface area contributed by atoms with Gasteiger partial charge in [0.2, 0.25) is 0 Å². The molecule has 2 heterocycles. The molecule has 1 aromatic carbocycles. The van der Waals surface area contributed by atoms with Crippen LogP contribution in [0.15, 0.2) is 24.3 Å². The third-order valence-electron chi connectivity index (χ3n) is 4.33. The Bertz CT molecular complexity index is 442. The van der Waals surface area contributed by atoms with Gasteiger partial charge in [0.05, 0.1) is 0 Å². The van der Waals surface area contributed by atoms with Crippen molar-refractivity contribution in [1.29, 1.82) is 0 Å². The molecular weight excluding hydrogens is 250 g/mol. The summed E-state index contributed by atoms with van der Waals surface area (Å²) in [4.78, 5) is 14.3.